The number of fused-ring (bicyclic) bond motifs is 3. The molecule has 0 saturated carbocycles. The molecule has 9 nitrogen and oxygen atoms in total. The van der Waals surface area contributed by atoms with Gasteiger partial charge in [0.1, 0.15) is 21.9 Å². The third kappa shape index (κ3) is 4.62. The zero-order chi connectivity index (χ0) is 22.2. The molecule has 31 heavy (non-hydrogen) atoms. The molecule has 11 heteroatoms. The van der Waals surface area contributed by atoms with Crippen molar-refractivity contribution in [2.75, 3.05) is 25.2 Å². The smallest absolute Gasteiger partial charge is 0.251 e. The minimum atomic E-state index is -3.14. The van der Waals surface area contributed by atoms with Gasteiger partial charge in [-0.2, -0.15) is 5.10 Å². The van der Waals surface area contributed by atoms with Crippen LogP contribution in [0.25, 0.3) is 22.1 Å². The summed E-state index contributed by atoms with van der Waals surface area (Å²) in [4.78, 5) is 22.7. The maximum Gasteiger partial charge on any atom is 0.251 e. The van der Waals surface area contributed by atoms with Gasteiger partial charge >= 0.3 is 0 Å². The van der Waals surface area contributed by atoms with Crippen molar-refractivity contribution in [3.63, 3.8) is 0 Å². The Kier molecular flexibility index (Phi) is 5.80. The molecule has 0 saturated heterocycles. The van der Waals surface area contributed by atoms with Crippen LogP contribution in [0.1, 0.15) is 35.1 Å². The molecule has 0 radical (unpaired) electrons. The topological polar surface area (TPSA) is 116 Å². The van der Waals surface area contributed by atoms with E-state index in [9.17, 15) is 13.2 Å². The van der Waals surface area contributed by atoms with Crippen LogP contribution in [0, 0.1) is 0 Å². The lowest BCUT2D eigenvalue weighted by Gasteiger charge is -2.10. The fourth-order valence-electron chi connectivity index (χ4n) is 3.29. The first kappa shape index (κ1) is 21.4. The van der Waals surface area contributed by atoms with Gasteiger partial charge in [0, 0.05) is 41.3 Å². The Morgan fingerprint density at radius 1 is 1.35 bits per heavy atom. The first-order chi connectivity index (χ1) is 14.7. The van der Waals surface area contributed by atoms with Gasteiger partial charge in [-0.25, -0.2) is 23.1 Å². The van der Waals surface area contributed by atoms with E-state index in [1.54, 1.807) is 23.5 Å². The summed E-state index contributed by atoms with van der Waals surface area (Å²) in [5.41, 5.74) is 2.05. The van der Waals surface area contributed by atoms with Gasteiger partial charge < -0.3 is 10.1 Å². The standard InChI is InChI=1S/C20H23N5O4S2/c1-12(2)25-18(22-11-23-25)20-24-17-14-5-4-13(19(26)21-7-9-31(3,27)28)10-15(14)29-8-6-16(17)30-20/h4-5,10-12H,6-9H2,1-3H3,(H,21,26). The van der Waals surface area contributed by atoms with Gasteiger partial charge in [0.2, 0.25) is 0 Å². The third-order valence-corrected chi connectivity index (χ3v) is 6.85. The van der Waals surface area contributed by atoms with Crippen molar-refractivity contribution >= 4 is 27.1 Å². The minimum Gasteiger partial charge on any atom is -0.492 e. The van der Waals surface area contributed by atoms with Crippen LogP contribution in [0.2, 0.25) is 0 Å². The Labute approximate surface area is 184 Å². The number of aromatic nitrogens is 4. The molecule has 1 aliphatic heterocycles. The van der Waals surface area contributed by atoms with Crippen molar-refractivity contribution in [3.05, 3.63) is 35.0 Å². The average molecular weight is 462 g/mol. The lowest BCUT2D eigenvalue weighted by atomic mass is 10.1. The van der Waals surface area contributed by atoms with Crippen LogP contribution in [0.3, 0.4) is 0 Å². The Bertz CT molecular complexity index is 1230. The third-order valence-electron chi connectivity index (χ3n) is 4.79. The van der Waals surface area contributed by atoms with E-state index in [1.807, 2.05) is 24.6 Å². The van der Waals surface area contributed by atoms with Gasteiger partial charge in [-0.05, 0) is 32.0 Å². The number of hydrogen-bond donors (Lipinski definition) is 1. The number of hydrogen-bond acceptors (Lipinski definition) is 8. The van der Waals surface area contributed by atoms with Gasteiger partial charge in [0.25, 0.3) is 5.91 Å². The monoisotopic (exact) mass is 461 g/mol. The zero-order valence-electron chi connectivity index (χ0n) is 17.5. The Balaban J connectivity index is 1.62. The summed E-state index contributed by atoms with van der Waals surface area (Å²) in [6, 6.07) is 5.36. The maximum atomic E-state index is 12.4. The predicted octanol–water partition coefficient (Wildman–Crippen LogP) is 2.36. The minimum absolute atomic E-state index is 0.0612. The second-order valence-corrected chi connectivity index (χ2v) is 11.0. The molecule has 164 valence electrons. The molecule has 0 bridgehead atoms. The van der Waals surface area contributed by atoms with E-state index in [0.717, 1.165) is 33.2 Å². The van der Waals surface area contributed by atoms with Crippen LogP contribution < -0.4 is 10.1 Å². The molecule has 1 N–H and O–H groups in total. The Morgan fingerprint density at radius 3 is 2.90 bits per heavy atom. The molecule has 3 heterocycles. The molecule has 0 aliphatic carbocycles. The van der Waals surface area contributed by atoms with Gasteiger partial charge in [-0.3, -0.25) is 4.79 Å². The van der Waals surface area contributed by atoms with Crippen molar-refractivity contribution in [1.29, 1.82) is 0 Å². The van der Waals surface area contributed by atoms with E-state index >= 15 is 0 Å². The Hall–Kier alpha value is -2.79. The highest BCUT2D eigenvalue weighted by molar-refractivity contribution is 7.90. The number of nitrogens with one attached hydrogen (secondary N) is 1. The second kappa shape index (κ2) is 8.39. The normalized spacial score (nSPS) is 13.3. The van der Waals surface area contributed by atoms with Crippen molar-refractivity contribution < 1.29 is 17.9 Å². The summed E-state index contributed by atoms with van der Waals surface area (Å²) in [7, 11) is -3.14. The van der Waals surface area contributed by atoms with Crippen LogP contribution in [0.15, 0.2) is 24.5 Å². The van der Waals surface area contributed by atoms with Crippen LogP contribution in [0.4, 0.5) is 0 Å². The molecule has 0 unspecified atom stereocenters. The van der Waals surface area contributed by atoms with Gasteiger partial charge in [-0.1, -0.05) is 0 Å². The highest BCUT2D eigenvalue weighted by Gasteiger charge is 2.24. The molecule has 3 aromatic rings. The molecule has 1 amide bonds. The van der Waals surface area contributed by atoms with Crippen molar-refractivity contribution in [2.45, 2.75) is 26.3 Å². The maximum absolute atomic E-state index is 12.4. The summed E-state index contributed by atoms with van der Waals surface area (Å²) >= 11 is 1.57. The molecular formula is C20H23N5O4S2. The summed E-state index contributed by atoms with van der Waals surface area (Å²) in [6.45, 7) is 4.62. The quantitative estimate of drug-likeness (QED) is 0.599. The number of amides is 1. The molecule has 2 aromatic heterocycles. The predicted molar refractivity (Wildman–Crippen MR) is 118 cm³/mol. The number of benzene rings is 1. The van der Waals surface area contributed by atoms with Crippen LogP contribution in [-0.4, -0.2) is 59.2 Å². The van der Waals surface area contributed by atoms with Gasteiger partial charge in [0.15, 0.2) is 10.8 Å². The fourth-order valence-corrected chi connectivity index (χ4v) is 4.81. The van der Waals surface area contributed by atoms with Gasteiger partial charge in [-0.15, -0.1) is 11.3 Å². The Morgan fingerprint density at radius 2 is 2.16 bits per heavy atom. The zero-order valence-corrected chi connectivity index (χ0v) is 19.1. The van der Waals surface area contributed by atoms with E-state index in [1.165, 1.54) is 6.33 Å². The number of carbonyl (C=O) groups excluding carboxylic acids is 1. The highest BCUT2D eigenvalue weighted by atomic mass is 32.2. The number of ether oxygens (including phenoxy) is 1. The highest BCUT2D eigenvalue weighted by Crippen LogP contribution is 2.40. The van der Waals surface area contributed by atoms with E-state index in [-0.39, 0.29) is 24.2 Å². The number of thiazole rings is 1. The number of carbonyl (C=O) groups is 1. The molecule has 1 aliphatic rings. The van der Waals surface area contributed by atoms with Crippen LogP contribution in [0.5, 0.6) is 5.75 Å². The first-order valence-electron chi connectivity index (χ1n) is 9.85. The van der Waals surface area contributed by atoms with Crippen LogP contribution in [-0.2, 0) is 16.3 Å². The molecule has 0 spiro atoms. The lowest BCUT2D eigenvalue weighted by Crippen LogP contribution is -2.28. The molecular weight excluding hydrogens is 438 g/mol. The number of sulfone groups is 1. The SMILES string of the molecule is CC(C)n1ncnc1-c1nc2c(s1)CCOc1cc(C(=O)NCCS(C)(=O)=O)ccc1-2. The van der Waals surface area contributed by atoms with E-state index in [4.69, 9.17) is 9.72 Å². The molecule has 0 fully saturated rings. The van der Waals surface area contributed by atoms with Gasteiger partial charge in [0.05, 0.1) is 18.1 Å². The van der Waals surface area contributed by atoms with E-state index < -0.39 is 9.84 Å². The average Bonchev–Trinajstić information content (AvgIpc) is 3.31. The summed E-state index contributed by atoms with van der Waals surface area (Å²) in [5, 5.41) is 7.73. The first-order valence-corrected chi connectivity index (χ1v) is 12.7. The fraction of sp³-hybridized carbons (Fsp3) is 0.400. The largest absolute Gasteiger partial charge is 0.492 e. The van der Waals surface area contributed by atoms with E-state index in [0.29, 0.717) is 24.3 Å². The molecule has 0 atom stereocenters. The molecule has 4 rings (SSSR count). The lowest BCUT2D eigenvalue weighted by molar-refractivity contribution is 0.0955. The summed E-state index contributed by atoms with van der Waals surface area (Å²) < 4.78 is 30.2. The second-order valence-electron chi connectivity index (χ2n) is 7.61. The van der Waals surface area contributed by atoms with E-state index in [2.05, 4.69) is 15.4 Å². The number of nitrogens with zero attached hydrogens (tertiary/aromatic N) is 4. The summed E-state index contributed by atoms with van der Waals surface area (Å²) in [5.74, 6) is 0.865. The molecule has 1 aromatic carbocycles. The van der Waals surface area contributed by atoms with Crippen molar-refractivity contribution in [1.82, 2.24) is 25.1 Å². The van der Waals surface area contributed by atoms with Crippen molar-refractivity contribution in [3.8, 4) is 27.8 Å². The summed E-state index contributed by atoms with van der Waals surface area (Å²) in [6.07, 6.45) is 3.37. The van der Waals surface area contributed by atoms with Crippen LogP contribution >= 0.6 is 11.3 Å². The number of rotatable bonds is 6. The van der Waals surface area contributed by atoms with Crippen molar-refractivity contribution in [2.24, 2.45) is 0 Å².